The summed E-state index contributed by atoms with van der Waals surface area (Å²) in [7, 11) is -3.62. The zero-order valence-electron chi connectivity index (χ0n) is 11.7. The van der Waals surface area contributed by atoms with Gasteiger partial charge in [-0.2, -0.15) is 5.10 Å². The van der Waals surface area contributed by atoms with Crippen LogP contribution in [0.15, 0.2) is 53.6 Å². The fourth-order valence-electron chi connectivity index (χ4n) is 2.15. The van der Waals surface area contributed by atoms with Gasteiger partial charge in [-0.1, -0.05) is 17.7 Å². The van der Waals surface area contributed by atoms with Crippen molar-refractivity contribution in [3.8, 4) is 11.4 Å². The first-order chi connectivity index (χ1) is 9.98. The maximum atomic E-state index is 12.7. The van der Waals surface area contributed by atoms with E-state index in [0.29, 0.717) is 11.4 Å². The van der Waals surface area contributed by atoms with Crippen molar-refractivity contribution in [1.29, 1.82) is 0 Å². The largest absolute Gasteiger partial charge is 0.282 e. The molecule has 0 saturated carbocycles. The molecular formula is C15H15N3O2S. The Bertz CT molecular complexity index is 874. The number of hydrogen-bond acceptors (Lipinski definition) is 3. The Balaban J connectivity index is 2.13. The topological polar surface area (TPSA) is 67.8 Å². The smallest absolute Gasteiger partial charge is 0.268 e. The normalized spacial score (nSPS) is 11.7. The zero-order chi connectivity index (χ0) is 15.0. The van der Waals surface area contributed by atoms with Crippen LogP contribution in [0.1, 0.15) is 11.3 Å². The van der Waals surface area contributed by atoms with E-state index >= 15 is 0 Å². The van der Waals surface area contributed by atoms with Crippen molar-refractivity contribution >= 4 is 10.0 Å². The third kappa shape index (κ3) is 2.38. The standard InChI is InChI=1S/C15H15N3O2S/c1-11-5-7-13(8-6-11)21(19,20)18-9-3-4-15(18)14-10-12(2)16-17-14/h3-10H,1-2H3,(H,16,17). The Hall–Kier alpha value is -2.34. The van der Waals surface area contributed by atoms with Crippen LogP contribution in [-0.2, 0) is 10.0 Å². The van der Waals surface area contributed by atoms with Crippen molar-refractivity contribution in [3.63, 3.8) is 0 Å². The molecule has 0 amide bonds. The lowest BCUT2D eigenvalue weighted by Gasteiger charge is -2.09. The summed E-state index contributed by atoms with van der Waals surface area (Å²) in [5.74, 6) is 0. The molecule has 0 radical (unpaired) electrons. The highest BCUT2D eigenvalue weighted by molar-refractivity contribution is 7.90. The SMILES string of the molecule is Cc1ccc(S(=O)(=O)n2cccc2-c2cc(C)[nH]n2)cc1. The highest BCUT2D eigenvalue weighted by atomic mass is 32.2. The molecular weight excluding hydrogens is 286 g/mol. The van der Waals surface area contributed by atoms with Crippen molar-refractivity contribution < 1.29 is 8.42 Å². The minimum absolute atomic E-state index is 0.262. The van der Waals surface area contributed by atoms with Crippen LogP contribution in [0.3, 0.4) is 0 Å². The number of hydrogen-bond donors (Lipinski definition) is 1. The molecule has 0 fully saturated rings. The Kier molecular flexibility index (Phi) is 3.17. The van der Waals surface area contributed by atoms with E-state index in [4.69, 9.17) is 0 Å². The fraction of sp³-hybridized carbons (Fsp3) is 0.133. The molecule has 0 aliphatic rings. The maximum Gasteiger partial charge on any atom is 0.268 e. The molecule has 0 aliphatic heterocycles. The van der Waals surface area contributed by atoms with Gasteiger partial charge in [0, 0.05) is 11.9 Å². The highest BCUT2D eigenvalue weighted by Gasteiger charge is 2.20. The van der Waals surface area contributed by atoms with Crippen molar-refractivity contribution in [2.75, 3.05) is 0 Å². The van der Waals surface area contributed by atoms with Crippen molar-refractivity contribution in [2.45, 2.75) is 18.7 Å². The lowest BCUT2D eigenvalue weighted by atomic mass is 10.2. The van der Waals surface area contributed by atoms with E-state index in [0.717, 1.165) is 11.3 Å². The number of aryl methyl sites for hydroxylation is 2. The average Bonchev–Trinajstić information content (AvgIpc) is 3.07. The minimum atomic E-state index is -3.62. The van der Waals surface area contributed by atoms with Crippen LogP contribution in [0.5, 0.6) is 0 Å². The lowest BCUT2D eigenvalue weighted by molar-refractivity contribution is 0.588. The minimum Gasteiger partial charge on any atom is -0.282 e. The predicted molar refractivity (Wildman–Crippen MR) is 80.5 cm³/mol. The Morgan fingerprint density at radius 1 is 1.10 bits per heavy atom. The van der Waals surface area contributed by atoms with E-state index in [1.807, 2.05) is 19.9 Å². The summed E-state index contributed by atoms with van der Waals surface area (Å²) >= 11 is 0. The van der Waals surface area contributed by atoms with Crippen LogP contribution >= 0.6 is 0 Å². The van der Waals surface area contributed by atoms with Gasteiger partial charge in [0.2, 0.25) is 0 Å². The summed E-state index contributed by atoms with van der Waals surface area (Å²) in [6, 6.07) is 12.1. The molecule has 2 heterocycles. The van der Waals surface area contributed by atoms with Gasteiger partial charge in [-0.3, -0.25) is 5.10 Å². The van der Waals surface area contributed by atoms with Gasteiger partial charge >= 0.3 is 0 Å². The third-order valence-corrected chi connectivity index (χ3v) is 4.96. The molecule has 108 valence electrons. The molecule has 0 unspecified atom stereocenters. The maximum absolute atomic E-state index is 12.7. The molecule has 0 spiro atoms. The number of aromatic nitrogens is 3. The second-order valence-electron chi connectivity index (χ2n) is 4.94. The zero-order valence-corrected chi connectivity index (χ0v) is 12.6. The molecule has 1 aromatic carbocycles. The van der Waals surface area contributed by atoms with Gasteiger partial charge in [0.1, 0.15) is 5.69 Å². The first-order valence-electron chi connectivity index (χ1n) is 6.50. The Morgan fingerprint density at radius 2 is 1.81 bits per heavy atom. The first kappa shape index (κ1) is 13.6. The second-order valence-corrected chi connectivity index (χ2v) is 6.76. The fourth-order valence-corrected chi connectivity index (χ4v) is 3.50. The van der Waals surface area contributed by atoms with Gasteiger partial charge in [-0.15, -0.1) is 0 Å². The summed E-state index contributed by atoms with van der Waals surface area (Å²) in [4.78, 5) is 0.262. The summed E-state index contributed by atoms with van der Waals surface area (Å²) in [5.41, 5.74) is 3.04. The van der Waals surface area contributed by atoms with Crippen molar-refractivity contribution in [2.24, 2.45) is 0 Å². The molecule has 0 saturated heterocycles. The van der Waals surface area contributed by atoms with E-state index in [2.05, 4.69) is 10.2 Å². The van der Waals surface area contributed by atoms with Crippen LogP contribution in [0.4, 0.5) is 0 Å². The van der Waals surface area contributed by atoms with Crippen LogP contribution in [-0.4, -0.2) is 22.6 Å². The number of nitrogens with zero attached hydrogens (tertiary/aromatic N) is 2. The van der Waals surface area contributed by atoms with E-state index < -0.39 is 10.0 Å². The summed E-state index contributed by atoms with van der Waals surface area (Å²) in [6.45, 7) is 3.79. The van der Waals surface area contributed by atoms with Crippen LogP contribution < -0.4 is 0 Å². The van der Waals surface area contributed by atoms with E-state index in [1.54, 1.807) is 36.4 Å². The van der Waals surface area contributed by atoms with Gasteiger partial charge in [0.25, 0.3) is 10.0 Å². The summed E-state index contributed by atoms with van der Waals surface area (Å²) < 4.78 is 26.7. The Labute approximate surface area is 123 Å². The van der Waals surface area contributed by atoms with Gasteiger partial charge in [0.15, 0.2) is 0 Å². The van der Waals surface area contributed by atoms with Gasteiger partial charge in [-0.25, -0.2) is 12.4 Å². The van der Waals surface area contributed by atoms with Gasteiger partial charge in [0.05, 0.1) is 10.6 Å². The van der Waals surface area contributed by atoms with Crippen LogP contribution in [0.2, 0.25) is 0 Å². The lowest BCUT2D eigenvalue weighted by Crippen LogP contribution is -2.13. The number of rotatable bonds is 3. The molecule has 0 bridgehead atoms. The number of H-pyrrole nitrogens is 1. The molecule has 0 atom stereocenters. The van der Waals surface area contributed by atoms with E-state index in [1.165, 1.54) is 10.2 Å². The molecule has 2 aromatic heterocycles. The number of benzene rings is 1. The van der Waals surface area contributed by atoms with Crippen LogP contribution in [0, 0.1) is 13.8 Å². The van der Waals surface area contributed by atoms with Crippen LogP contribution in [0.25, 0.3) is 11.4 Å². The molecule has 6 heteroatoms. The second kappa shape index (κ2) is 4.89. The summed E-state index contributed by atoms with van der Waals surface area (Å²) in [5, 5.41) is 6.95. The molecule has 3 aromatic rings. The molecule has 21 heavy (non-hydrogen) atoms. The molecule has 1 N–H and O–H groups in total. The molecule has 3 rings (SSSR count). The average molecular weight is 301 g/mol. The van der Waals surface area contributed by atoms with Gasteiger partial charge in [-0.05, 0) is 44.2 Å². The quantitative estimate of drug-likeness (QED) is 0.809. The monoisotopic (exact) mass is 301 g/mol. The number of aromatic amines is 1. The summed E-state index contributed by atoms with van der Waals surface area (Å²) in [6.07, 6.45) is 1.54. The third-order valence-electron chi connectivity index (χ3n) is 3.26. The van der Waals surface area contributed by atoms with E-state index in [-0.39, 0.29) is 4.90 Å². The predicted octanol–water partition coefficient (Wildman–Crippen LogP) is 2.73. The van der Waals surface area contributed by atoms with Crippen molar-refractivity contribution in [3.05, 3.63) is 59.9 Å². The number of nitrogens with one attached hydrogen (secondary N) is 1. The van der Waals surface area contributed by atoms with E-state index in [9.17, 15) is 8.42 Å². The molecule has 5 nitrogen and oxygen atoms in total. The Morgan fingerprint density at radius 3 is 2.43 bits per heavy atom. The molecule has 0 aliphatic carbocycles. The van der Waals surface area contributed by atoms with Gasteiger partial charge < -0.3 is 0 Å². The highest BCUT2D eigenvalue weighted by Crippen LogP contribution is 2.24. The van der Waals surface area contributed by atoms with Crippen molar-refractivity contribution in [1.82, 2.24) is 14.2 Å². The first-order valence-corrected chi connectivity index (χ1v) is 7.94.